The van der Waals surface area contributed by atoms with E-state index < -0.39 is 25.4 Å². The third kappa shape index (κ3) is 21.0. The van der Waals surface area contributed by atoms with Gasteiger partial charge < -0.3 is 0 Å². The molecule has 14 heteroatoms. The first-order valence-electron chi connectivity index (χ1n) is 9.87. The predicted molar refractivity (Wildman–Crippen MR) is 177 cm³/mol. The smallest absolute Gasteiger partial charge is 0.146 e. The molecule has 3 aromatic carbocycles. The maximum Gasteiger partial charge on any atom is 0.372 e. The minimum Gasteiger partial charge on any atom is -0.146 e. The van der Waals surface area contributed by atoms with Gasteiger partial charge in [-0.3, -0.25) is 0 Å². The molecule has 0 N–H and O–H groups in total. The van der Waals surface area contributed by atoms with Gasteiger partial charge >= 0.3 is 18.7 Å². The van der Waals surface area contributed by atoms with Crippen molar-refractivity contribution in [2.75, 3.05) is 0 Å². The van der Waals surface area contributed by atoms with E-state index in [-0.39, 0.29) is 0 Å². The monoisotopic (exact) mass is 738 g/mol. The van der Waals surface area contributed by atoms with Crippen LogP contribution in [0, 0.1) is 0 Å². The van der Waals surface area contributed by atoms with Gasteiger partial charge in [-0.25, -0.2) is 0 Å². The fourth-order valence-corrected chi connectivity index (χ4v) is 6.86. The van der Waals surface area contributed by atoms with E-state index in [0.29, 0.717) is 0 Å². The number of halogens is 10. The van der Waals surface area contributed by atoms with Crippen molar-refractivity contribution in [2.24, 2.45) is 0 Å². The molecule has 0 radical (unpaired) electrons. The van der Waals surface area contributed by atoms with Gasteiger partial charge in [0.05, 0.1) is 0 Å². The molecule has 0 aliphatic heterocycles. The maximum absolute atomic E-state index is 6.49. The molecule has 0 spiro atoms. The minimum absolute atomic E-state index is 0.833. The lowest BCUT2D eigenvalue weighted by atomic mass is 10.4. The molecule has 35 heavy (non-hydrogen) atoms. The molecule has 0 saturated carbocycles. The van der Waals surface area contributed by atoms with Crippen LogP contribution >= 0.6 is 111 Å². The molecule has 0 atom stereocenters. The van der Waals surface area contributed by atoms with Gasteiger partial charge in [0.15, 0.2) is 0 Å². The zero-order valence-corrected chi connectivity index (χ0v) is 30.5. The van der Waals surface area contributed by atoms with Gasteiger partial charge in [0, 0.05) is 0 Å². The second-order valence-electron chi connectivity index (χ2n) is 7.28. The largest absolute Gasteiger partial charge is 0.372 e. The van der Waals surface area contributed by atoms with Crippen LogP contribution in [0.2, 0.25) is 19.6 Å². The molecule has 0 amide bonds. The summed E-state index contributed by atoms with van der Waals surface area (Å²) in [6.45, 7) is 1.16. The fourth-order valence-electron chi connectivity index (χ4n) is 2.09. The maximum atomic E-state index is 6.49. The van der Waals surface area contributed by atoms with Crippen molar-refractivity contribution in [2.45, 2.75) is 19.6 Å². The van der Waals surface area contributed by atoms with Crippen LogP contribution in [0.5, 0.6) is 0 Å². The molecule has 0 saturated heterocycles. The molecule has 0 nitrogen and oxygen atoms in total. The molecule has 0 unspecified atom stereocenters. The number of benzene rings is 3. The number of hydrogen-bond donors (Lipinski definition) is 0. The van der Waals surface area contributed by atoms with Gasteiger partial charge in [-0.2, -0.15) is 0 Å². The number of rotatable bonds is 3. The van der Waals surface area contributed by atoms with Crippen LogP contribution in [0.3, 0.4) is 0 Å². The van der Waals surface area contributed by atoms with E-state index >= 15 is 0 Å². The standard InChI is InChI=1S/C12H10Cl2Si.C6H5Cl3Si.C2H6Cl2Si.CH3Cl3Si/c13-15(14,11-7-3-1-4-8-11)12-9-5-2-6-10-12;7-10(8,9)6-4-2-1-3-5-6;2*1-5(2,3)4/h1-10H;1-5H;1-2H3;1H3. The molecular weight excluding hydrogens is 719 g/mol. The first-order valence-corrected chi connectivity index (χ1v) is 29.5. The topological polar surface area (TPSA) is 0 Å². The van der Waals surface area contributed by atoms with E-state index in [2.05, 4.69) is 0 Å². The zero-order chi connectivity index (χ0) is 27.3. The summed E-state index contributed by atoms with van der Waals surface area (Å²) in [6.07, 6.45) is 0. The Kier molecular flexibility index (Phi) is 17.9. The van der Waals surface area contributed by atoms with E-state index in [9.17, 15) is 0 Å². The van der Waals surface area contributed by atoms with Crippen molar-refractivity contribution in [1.82, 2.24) is 0 Å². The Labute approximate surface area is 259 Å². The average molecular weight is 743 g/mol. The van der Waals surface area contributed by atoms with Gasteiger partial charge in [-0.15, -0.1) is 111 Å². The number of hydrogen-bond acceptors (Lipinski definition) is 0. The van der Waals surface area contributed by atoms with Gasteiger partial charge in [-0.05, 0) is 35.2 Å². The molecule has 0 aromatic heterocycles. The predicted octanol–water partition coefficient (Wildman–Crippen LogP) is 9.71. The second kappa shape index (κ2) is 17.2. The van der Waals surface area contributed by atoms with Crippen LogP contribution in [-0.2, 0) is 0 Å². The summed E-state index contributed by atoms with van der Waals surface area (Å²) in [5, 5.41) is 2.89. The lowest BCUT2D eigenvalue weighted by Gasteiger charge is -2.17. The van der Waals surface area contributed by atoms with E-state index in [1.807, 2.05) is 104 Å². The Balaban J connectivity index is 0.000000499. The Morgan fingerprint density at radius 2 is 0.600 bits per heavy atom. The third-order valence-electron chi connectivity index (χ3n) is 3.37. The average Bonchev–Trinajstić information content (AvgIpc) is 2.73. The SMILES string of the molecule is C[Si](C)(Cl)Cl.C[Si](Cl)(Cl)Cl.Cl[Si](Cl)(Cl)c1ccccc1.Cl[Si](Cl)(c1ccccc1)c1ccccc1. The summed E-state index contributed by atoms with van der Waals surface area (Å²) in [5.41, 5.74) is 0. The highest BCUT2D eigenvalue weighted by Gasteiger charge is 2.32. The Morgan fingerprint density at radius 1 is 0.400 bits per heavy atom. The van der Waals surface area contributed by atoms with E-state index in [1.54, 1.807) is 6.55 Å². The quantitative estimate of drug-likeness (QED) is 0.185. The van der Waals surface area contributed by atoms with Crippen molar-refractivity contribution in [1.29, 1.82) is 0 Å². The zero-order valence-electron chi connectivity index (χ0n) is 18.9. The summed E-state index contributed by atoms with van der Waals surface area (Å²) in [6, 6.07) is 24.2. The summed E-state index contributed by atoms with van der Waals surface area (Å²) in [7, 11) is 0. The third-order valence-corrected chi connectivity index (χ3v) is 11.1. The highest BCUT2D eigenvalue weighted by atomic mass is 35.8. The minimum atomic E-state index is -2.62. The second-order valence-corrected chi connectivity index (χ2v) is 41.0. The highest BCUT2D eigenvalue weighted by molar-refractivity contribution is 7.69. The van der Waals surface area contributed by atoms with Crippen LogP contribution in [0.15, 0.2) is 91.0 Å². The van der Waals surface area contributed by atoms with Gasteiger partial charge in [0.1, 0.15) is 0 Å². The first-order chi connectivity index (χ1) is 15.8. The van der Waals surface area contributed by atoms with Crippen molar-refractivity contribution < 1.29 is 0 Å². The molecule has 3 rings (SSSR count). The van der Waals surface area contributed by atoms with Crippen LogP contribution in [0.1, 0.15) is 0 Å². The van der Waals surface area contributed by atoms with Crippen molar-refractivity contribution in [3.63, 3.8) is 0 Å². The molecule has 0 bridgehead atoms. The van der Waals surface area contributed by atoms with E-state index in [1.165, 1.54) is 0 Å². The van der Waals surface area contributed by atoms with Gasteiger partial charge in [-0.1, -0.05) is 91.0 Å². The molecular formula is C21H24Cl10Si4. The lowest BCUT2D eigenvalue weighted by Crippen LogP contribution is -2.48. The normalized spacial score (nSPS) is 11.6. The summed E-state index contributed by atoms with van der Waals surface area (Å²) < 4.78 is 0. The first kappa shape index (κ1) is 36.4. The Bertz CT molecular complexity index is 878. The molecule has 0 aliphatic rings. The summed E-state index contributed by atoms with van der Waals surface area (Å²) in [4.78, 5) is 0. The van der Waals surface area contributed by atoms with Gasteiger partial charge in [0.25, 0.3) is 0 Å². The summed E-state index contributed by atoms with van der Waals surface area (Å²) in [5.74, 6) is 0. The Hall–Kier alpha value is 1.43. The fraction of sp³-hybridized carbons (Fsp3) is 0.143. The molecule has 0 fully saturated rings. The lowest BCUT2D eigenvalue weighted by molar-refractivity contribution is 1.74. The van der Waals surface area contributed by atoms with Crippen LogP contribution in [0.4, 0.5) is 0 Å². The molecule has 3 aromatic rings. The van der Waals surface area contributed by atoms with Crippen LogP contribution < -0.4 is 15.6 Å². The van der Waals surface area contributed by atoms with Crippen molar-refractivity contribution >= 4 is 152 Å². The van der Waals surface area contributed by atoms with Crippen LogP contribution in [-0.4, -0.2) is 25.4 Å². The molecule has 0 heterocycles. The summed E-state index contributed by atoms with van der Waals surface area (Å²) >= 11 is 56.6. The van der Waals surface area contributed by atoms with Crippen LogP contribution in [0.25, 0.3) is 0 Å². The van der Waals surface area contributed by atoms with E-state index in [4.69, 9.17) is 111 Å². The van der Waals surface area contributed by atoms with E-state index in [0.717, 1.165) is 15.6 Å². The molecule has 194 valence electrons. The van der Waals surface area contributed by atoms with Crippen molar-refractivity contribution in [3.8, 4) is 0 Å². The Morgan fingerprint density at radius 3 is 0.771 bits per heavy atom. The molecule has 0 aliphatic carbocycles. The highest BCUT2D eigenvalue weighted by Crippen LogP contribution is 2.19. The van der Waals surface area contributed by atoms with Gasteiger partial charge in [0.2, 0.25) is 6.69 Å². The van der Waals surface area contributed by atoms with Crippen molar-refractivity contribution in [3.05, 3.63) is 91.0 Å².